The highest BCUT2D eigenvalue weighted by molar-refractivity contribution is 5.93. The lowest BCUT2D eigenvalue weighted by atomic mass is 9.90. The summed E-state index contributed by atoms with van der Waals surface area (Å²) in [6.07, 6.45) is 5.58. The maximum Gasteiger partial charge on any atom is 0.153 e. The van der Waals surface area contributed by atoms with Gasteiger partial charge in [-0.15, -0.1) is 12.4 Å². The van der Waals surface area contributed by atoms with Crippen LogP contribution in [-0.4, -0.2) is 29.8 Å². The van der Waals surface area contributed by atoms with Gasteiger partial charge in [-0.2, -0.15) is 0 Å². The van der Waals surface area contributed by atoms with Crippen molar-refractivity contribution in [1.82, 2.24) is 9.55 Å². The van der Waals surface area contributed by atoms with Crippen molar-refractivity contribution in [2.24, 2.45) is 5.92 Å². The number of methoxy groups -OCH3 is 1. The smallest absolute Gasteiger partial charge is 0.153 e. The normalized spacial score (nSPS) is 14.3. The van der Waals surface area contributed by atoms with Gasteiger partial charge < -0.3 is 14.2 Å². The molecule has 0 bridgehead atoms. The summed E-state index contributed by atoms with van der Waals surface area (Å²) in [5, 5.41) is 1.31. The summed E-state index contributed by atoms with van der Waals surface area (Å²) < 4.78 is 7.90. The number of nitrogens with zero attached hydrogens (tertiary/aromatic N) is 3. The molecule has 0 N–H and O–H groups in total. The Labute approximate surface area is 209 Å². The number of halogens is 1. The van der Waals surface area contributed by atoms with Crippen molar-refractivity contribution in [3.05, 3.63) is 89.2 Å². The average molecular weight is 476 g/mol. The summed E-state index contributed by atoms with van der Waals surface area (Å²) in [6, 6.07) is 21.5. The Bertz CT molecular complexity index is 1240. The van der Waals surface area contributed by atoms with E-state index in [0.29, 0.717) is 0 Å². The number of benzene rings is 2. The quantitative estimate of drug-likeness (QED) is 0.315. The number of aryl methyl sites for hydroxylation is 1. The molecule has 0 spiro atoms. The molecule has 2 aromatic carbocycles. The van der Waals surface area contributed by atoms with Crippen LogP contribution in [0.25, 0.3) is 10.9 Å². The number of aromatic nitrogens is 2. The number of hydrogen-bond acceptors (Lipinski definition) is 3. The van der Waals surface area contributed by atoms with E-state index in [4.69, 9.17) is 9.72 Å². The third-order valence-electron chi connectivity index (χ3n) is 7.28. The summed E-state index contributed by atoms with van der Waals surface area (Å²) in [5.41, 5.74) is 6.61. The van der Waals surface area contributed by atoms with Gasteiger partial charge in [0, 0.05) is 36.9 Å². The minimum absolute atomic E-state index is 0. The van der Waals surface area contributed by atoms with Crippen molar-refractivity contribution in [1.29, 1.82) is 0 Å². The molecule has 34 heavy (non-hydrogen) atoms. The van der Waals surface area contributed by atoms with E-state index in [-0.39, 0.29) is 12.4 Å². The van der Waals surface area contributed by atoms with Crippen molar-refractivity contribution >= 4 is 29.1 Å². The minimum Gasteiger partial charge on any atom is -0.497 e. The molecule has 1 aliphatic rings. The van der Waals surface area contributed by atoms with Gasteiger partial charge in [-0.1, -0.05) is 42.5 Å². The second-order valence-corrected chi connectivity index (χ2v) is 9.30. The van der Waals surface area contributed by atoms with Gasteiger partial charge >= 0.3 is 0 Å². The second kappa shape index (κ2) is 10.5. The first kappa shape index (κ1) is 24.2. The summed E-state index contributed by atoms with van der Waals surface area (Å²) in [6.45, 7) is 7.40. The van der Waals surface area contributed by atoms with Crippen LogP contribution in [0.4, 0.5) is 5.82 Å². The van der Waals surface area contributed by atoms with Crippen LogP contribution in [0.2, 0.25) is 0 Å². The highest BCUT2D eigenvalue weighted by Gasteiger charge is 2.24. The molecule has 3 heterocycles. The van der Waals surface area contributed by atoms with E-state index < -0.39 is 0 Å². The Morgan fingerprint density at radius 3 is 2.41 bits per heavy atom. The van der Waals surface area contributed by atoms with Gasteiger partial charge in [-0.3, -0.25) is 0 Å². The van der Waals surface area contributed by atoms with Gasteiger partial charge in [0.1, 0.15) is 5.75 Å². The van der Waals surface area contributed by atoms with Gasteiger partial charge in [-0.05, 0) is 73.9 Å². The monoisotopic (exact) mass is 475 g/mol. The van der Waals surface area contributed by atoms with Crippen LogP contribution in [0.3, 0.4) is 0 Å². The fraction of sp³-hybridized carbons (Fsp3) is 0.345. The highest BCUT2D eigenvalue weighted by Crippen LogP contribution is 2.34. The minimum atomic E-state index is 0. The van der Waals surface area contributed by atoms with E-state index in [2.05, 4.69) is 77.9 Å². The van der Waals surface area contributed by atoms with E-state index in [1.54, 1.807) is 7.11 Å². The first-order chi connectivity index (χ1) is 16.1. The Morgan fingerprint density at radius 2 is 1.68 bits per heavy atom. The fourth-order valence-corrected chi connectivity index (χ4v) is 5.26. The van der Waals surface area contributed by atoms with Crippen LogP contribution in [-0.2, 0) is 13.0 Å². The fourth-order valence-electron chi connectivity index (χ4n) is 5.26. The molecule has 178 valence electrons. The number of ether oxygens (including phenoxy) is 1. The number of pyridine rings is 1. The van der Waals surface area contributed by atoms with Crippen LogP contribution >= 0.6 is 12.4 Å². The summed E-state index contributed by atoms with van der Waals surface area (Å²) in [4.78, 5) is 7.42. The lowest BCUT2D eigenvalue weighted by molar-refractivity contribution is 0.402. The van der Waals surface area contributed by atoms with Crippen molar-refractivity contribution in [2.75, 3.05) is 25.1 Å². The zero-order chi connectivity index (χ0) is 22.8. The molecule has 0 radical (unpaired) electrons. The van der Waals surface area contributed by atoms with Crippen LogP contribution in [0.1, 0.15) is 35.2 Å². The maximum absolute atomic E-state index is 5.46. The molecule has 0 saturated carbocycles. The van der Waals surface area contributed by atoms with E-state index in [9.17, 15) is 0 Å². The topological polar surface area (TPSA) is 30.3 Å². The molecule has 0 unspecified atom stereocenters. The predicted molar refractivity (Wildman–Crippen MR) is 144 cm³/mol. The van der Waals surface area contributed by atoms with Crippen molar-refractivity contribution < 1.29 is 4.74 Å². The van der Waals surface area contributed by atoms with Crippen molar-refractivity contribution in [3.8, 4) is 5.75 Å². The Morgan fingerprint density at radius 1 is 0.941 bits per heavy atom. The zero-order valence-corrected chi connectivity index (χ0v) is 21.1. The molecule has 4 nitrogen and oxygen atoms in total. The van der Waals surface area contributed by atoms with Gasteiger partial charge in [0.15, 0.2) is 5.82 Å². The Kier molecular flexibility index (Phi) is 7.47. The predicted octanol–water partition coefficient (Wildman–Crippen LogP) is 6.59. The molecule has 0 atom stereocenters. The standard InChI is InChI=1S/C29H33N3O.ClH/c1-21-22(2)32(20-25-10-7-11-26(19-25)33-3)28-27(21)12-15-30-29(28)31-16-13-24(14-17-31)18-23-8-5-4-6-9-23;/h4-12,15,19,24H,13-14,16-18,20H2,1-3H3;1H. The average Bonchev–Trinajstić information content (AvgIpc) is 3.10. The van der Waals surface area contributed by atoms with E-state index in [0.717, 1.165) is 37.1 Å². The van der Waals surface area contributed by atoms with Crippen LogP contribution in [0.5, 0.6) is 5.75 Å². The number of fused-ring (bicyclic) bond motifs is 1. The van der Waals surface area contributed by atoms with E-state index in [1.807, 2.05) is 12.3 Å². The third kappa shape index (κ3) is 4.78. The molecule has 4 aromatic rings. The summed E-state index contributed by atoms with van der Waals surface area (Å²) in [5.74, 6) is 2.77. The molecule has 1 saturated heterocycles. The van der Waals surface area contributed by atoms with Crippen molar-refractivity contribution in [2.45, 2.75) is 39.7 Å². The molecule has 1 fully saturated rings. The zero-order valence-electron chi connectivity index (χ0n) is 20.3. The van der Waals surface area contributed by atoms with Crippen LogP contribution < -0.4 is 9.64 Å². The van der Waals surface area contributed by atoms with Crippen LogP contribution in [0.15, 0.2) is 66.9 Å². The molecular weight excluding hydrogens is 442 g/mol. The second-order valence-electron chi connectivity index (χ2n) is 9.30. The van der Waals surface area contributed by atoms with E-state index >= 15 is 0 Å². The van der Waals surface area contributed by atoms with Gasteiger partial charge in [0.25, 0.3) is 0 Å². The van der Waals surface area contributed by atoms with Gasteiger partial charge in [0.2, 0.25) is 0 Å². The first-order valence-corrected chi connectivity index (χ1v) is 12.0. The molecule has 2 aromatic heterocycles. The number of piperidine rings is 1. The van der Waals surface area contributed by atoms with Crippen molar-refractivity contribution in [3.63, 3.8) is 0 Å². The lowest BCUT2D eigenvalue weighted by Gasteiger charge is -2.33. The van der Waals surface area contributed by atoms with Gasteiger partial charge in [-0.25, -0.2) is 4.98 Å². The highest BCUT2D eigenvalue weighted by atomic mass is 35.5. The maximum atomic E-state index is 5.46. The van der Waals surface area contributed by atoms with E-state index in [1.165, 1.54) is 52.5 Å². The molecular formula is C29H34ClN3O. The molecule has 5 rings (SSSR count). The Hall–Kier alpha value is -2.98. The molecule has 1 aliphatic heterocycles. The number of rotatable bonds is 6. The number of anilines is 1. The largest absolute Gasteiger partial charge is 0.497 e. The Balaban J connectivity index is 0.00000274. The molecule has 5 heteroatoms. The van der Waals surface area contributed by atoms with Gasteiger partial charge in [0.05, 0.1) is 12.6 Å². The van der Waals surface area contributed by atoms with Crippen LogP contribution in [0, 0.1) is 19.8 Å². The third-order valence-corrected chi connectivity index (χ3v) is 7.28. The molecule has 0 aliphatic carbocycles. The lowest BCUT2D eigenvalue weighted by Crippen LogP contribution is -2.35. The summed E-state index contributed by atoms with van der Waals surface area (Å²) in [7, 11) is 1.73. The summed E-state index contributed by atoms with van der Waals surface area (Å²) >= 11 is 0. The SMILES string of the molecule is COc1cccc(Cn2c(C)c(C)c3ccnc(N4CCC(Cc5ccccc5)CC4)c32)c1.Cl. The number of hydrogen-bond donors (Lipinski definition) is 0. The first-order valence-electron chi connectivity index (χ1n) is 12.0. The molecule has 0 amide bonds.